The number of carboxylic acids is 1. The van der Waals surface area contributed by atoms with Crippen LogP contribution < -0.4 is 4.74 Å². The normalized spacial score (nSPS) is 19.6. The number of hydrogen-bond acceptors (Lipinski definition) is 3. The zero-order chi connectivity index (χ0) is 10.1. The number of carboxylic acid groups (broad SMARTS) is 1. The first-order chi connectivity index (χ1) is 6.70. The van der Waals surface area contributed by atoms with Crippen LogP contribution in [0, 0.1) is 0 Å². The summed E-state index contributed by atoms with van der Waals surface area (Å²) in [5.41, 5.74) is 0.678. The van der Waals surface area contributed by atoms with E-state index in [-0.39, 0.29) is 5.56 Å². The first kappa shape index (κ1) is 9.02. The first-order valence-corrected chi connectivity index (χ1v) is 4.37. The highest BCUT2D eigenvalue weighted by atomic mass is 16.5. The molecule has 0 spiro atoms. The third kappa shape index (κ3) is 1.33. The molecule has 0 radical (unpaired) electrons. The van der Waals surface area contributed by atoms with Gasteiger partial charge in [0, 0.05) is 12.0 Å². The molecule has 0 amide bonds. The maximum Gasteiger partial charge on any atom is 0.339 e. The predicted octanol–water partition coefficient (Wildman–Crippen LogP) is 1.20. The number of aliphatic hydroxyl groups is 1. The molecule has 0 aromatic heterocycles. The van der Waals surface area contributed by atoms with Gasteiger partial charge in [0.15, 0.2) is 0 Å². The molecule has 0 fully saturated rings. The zero-order valence-corrected chi connectivity index (χ0v) is 7.43. The summed E-state index contributed by atoms with van der Waals surface area (Å²) < 4.78 is 5.25. The van der Waals surface area contributed by atoms with Gasteiger partial charge in [-0.05, 0) is 6.07 Å². The van der Waals surface area contributed by atoms with Gasteiger partial charge in [-0.2, -0.15) is 0 Å². The van der Waals surface area contributed by atoms with Gasteiger partial charge >= 0.3 is 5.97 Å². The molecule has 1 atom stereocenters. The lowest BCUT2D eigenvalue weighted by Gasteiger charge is -2.23. The van der Waals surface area contributed by atoms with Gasteiger partial charge in [-0.1, -0.05) is 12.1 Å². The van der Waals surface area contributed by atoms with Crippen LogP contribution in [0.1, 0.15) is 28.4 Å². The molecular formula is C10H10O4. The lowest BCUT2D eigenvalue weighted by Crippen LogP contribution is -2.16. The molecule has 14 heavy (non-hydrogen) atoms. The number of benzene rings is 1. The van der Waals surface area contributed by atoms with Crippen LogP contribution in [0.3, 0.4) is 0 Å². The summed E-state index contributed by atoms with van der Waals surface area (Å²) in [6.45, 7) is 0.360. The van der Waals surface area contributed by atoms with Gasteiger partial charge in [-0.25, -0.2) is 4.79 Å². The maximum absolute atomic E-state index is 10.8. The molecule has 1 aromatic carbocycles. The van der Waals surface area contributed by atoms with E-state index in [0.717, 1.165) is 0 Å². The summed E-state index contributed by atoms with van der Waals surface area (Å²) in [6.07, 6.45) is -0.103. The van der Waals surface area contributed by atoms with Crippen LogP contribution in [0.4, 0.5) is 0 Å². The summed E-state index contributed by atoms with van der Waals surface area (Å²) >= 11 is 0. The standard InChI is InChI=1S/C10H10O4/c11-8-4-5-14-9-6(8)2-1-3-7(9)10(12)13/h1-3,8,11H,4-5H2,(H,12,13). The van der Waals surface area contributed by atoms with Crippen molar-refractivity contribution in [2.75, 3.05) is 6.61 Å². The number of carbonyl (C=O) groups is 1. The summed E-state index contributed by atoms with van der Waals surface area (Å²) in [5.74, 6) is -0.727. The van der Waals surface area contributed by atoms with Crippen molar-refractivity contribution in [2.24, 2.45) is 0 Å². The second-order valence-electron chi connectivity index (χ2n) is 3.18. The van der Waals surface area contributed by atoms with E-state index in [1.165, 1.54) is 6.07 Å². The molecule has 0 saturated heterocycles. The molecule has 0 bridgehead atoms. The van der Waals surface area contributed by atoms with Crippen molar-refractivity contribution in [1.82, 2.24) is 0 Å². The Morgan fingerprint density at radius 2 is 2.29 bits per heavy atom. The molecule has 1 unspecified atom stereocenters. The van der Waals surface area contributed by atoms with E-state index < -0.39 is 12.1 Å². The fourth-order valence-corrected chi connectivity index (χ4v) is 1.57. The van der Waals surface area contributed by atoms with E-state index in [4.69, 9.17) is 9.84 Å². The molecule has 1 aliphatic heterocycles. The fourth-order valence-electron chi connectivity index (χ4n) is 1.57. The Morgan fingerprint density at radius 3 is 3.00 bits per heavy atom. The molecule has 74 valence electrons. The van der Waals surface area contributed by atoms with Gasteiger partial charge in [0.05, 0.1) is 12.7 Å². The molecule has 1 aliphatic rings. The zero-order valence-electron chi connectivity index (χ0n) is 7.43. The van der Waals surface area contributed by atoms with Crippen molar-refractivity contribution < 1.29 is 19.7 Å². The monoisotopic (exact) mass is 194 g/mol. The number of fused-ring (bicyclic) bond motifs is 1. The molecular weight excluding hydrogens is 184 g/mol. The van der Waals surface area contributed by atoms with Crippen LogP contribution in [0.5, 0.6) is 5.75 Å². The predicted molar refractivity (Wildman–Crippen MR) is 48.5 cm³/mol. The summed E-state index contributed by atoms with van der Waals surface area (Å²) in [4.78, 5) is 10.8. The number of aromatic carboxylic acids is 1. The SMILES string of the molecule is O=C(O)c1cccc2c1OCCC2O. The van der Waals surface area contributed by atoms with Crippen LogP contribution in [-0.2, 0) is 0 Å². The minimum atomic E-state index is -1.03. The number of hydrogen-bond donors (Lipinski definition) is 2. The van der Waals surface area contributed by atoms with Crippen LogP contribution in [0.2, 0.25) is 0 Å². The van der Waals surface area contributed by atoms with Crippen LogP contribution in [0.15, 0.2) is 18.2 Å². The van der Waals surface area contributed by atoms with E-state index >= 15 is 0 Å². The van der Waals surface area contributed by atoms with Gasteiger partial charge in [-0.3, -0.25) is 0 Å². The van der Waals surface area contributed by atoms with Crippen molar-refractivity contribution in [1.29, 1.82) is 0 Å². The molecule has 2 rings (SSSR count). The highest BCUT2D eigenvalue weighted by molar-refractivity contribution is 5.91. The van der Waals surface area contributed by atoms with Crippen LogP contribution >= 0.6 is 0 Å². The van der Waals surface area contributed by atoms with Crippen molar-refractivity contribution in [3.63, 3.8) is 0 Å². The van der Waals surface area contributed by atoms with Gasteiger partial charge in [-0.15, -0.1) is 0 Å². The Hall–Kier alpha value is -1.55. The van der Waals surface area contributed by atoms with E-state index in [0.29, 0.717) is 24.3 Å². The minimum absolute atomic E-state index is 0.112. The Bertz CT molecular complexity index is 372. The third-order valence-corrected chi connectivity index (χ3v) is 2.27. The van der Waals surface area contributed by atoms with Gasteiger partial charge < -0.3 is 14.9 Å². The molecule has 0 aliphatic carbocycles. The van der Waals surface area contributed by atoms with Crippen LogP contribution in [-0.4, -0.2) is 22.8 Å². The largest absolute Gasteiger partial charge is 0.492 e. The third-order valence-electron chi connectivity index (χ3n) is 2.27. The lowest BCUT2D eigenvalue weighted by atomic mass is 10.00. The smallest absolute Gasteiger partial charge is 0.339 e. The average Bonchev–Trinajstić information content (AvgIpc) is 2.17. The first-order valence-electron chi connectivity index (χ1n) is 4.37. The van der Waals surface area contributed by atoms with Crippen molar-refractivity contribution in [2.45, 2.75) is 12.5 Å². The lowest BCUT2D eigenvalue weighted by molar-refractivity contribution is 0.0684. The van der Waals surface area contributed by atoms with Crippen molar-refractivity contribution in [3.8, 4) is 5.75 Å². The van der Waals surface area contributed by atoms with Gasteiger partial charge in [0.25, 0.3) is 0 Å². The topological polar surface area (TPSA) is 66.8 Å². The second-order valence-corrected chi connectivity index (χ2v) is 3.18. The molecule has 0 saturated carbocycles. The number of aliphatic hydroxyl groups excluding tert-OH is 1. The Balaban J connectivity index is 2.55. The highest BCUT2D eigenvalue weighted by Gasteiger charge is 2.23. The molecule has 1 heterocycles. The quantitative estimate of drug-likeness (QED) is 0.704. The van der Waals surface area contributed by atoms with Gasteiger partial charge in [0.1, 0.15) is 11.3 Å². The fraction of sp³-hybridized carbons (Fsp3) is 0.300. The number of para-hydroxylation sites is 1. The molecule has 4 nitrogen and oxygen atoms in total. The van der Waals surface area contributed by atoms with Gasteiger partial charge in [0.2, 0.25) is 0 Å². The van der Waals surface area contributed by atoms with E-state index in [2.05, 4.69) is 0 Å². The second kappa shape index (κ2) is 3.31. The Morgan fingerprint density at radius 1 is 1.50 bits per heavy atom. The van der Waals surface area contributed by atoms with E-state index in [1.54, 1.807) is 12.1 Å². The van der Waals surface area contributed by atoms with Crippen LogP contribution in [0.25, 0.3) is 0 Å². The molecule has 1 aromatic rings. The van der Waals surface area contributed by atoms with Crippen molar-refractivity contribution >= 4 is 5.97 Å². The molecule has 2 N–H and O–H groups in total. The maximum atomic E-state index is 10.8. The number of ether oxygens (including phenoxy) is 1. The minimum Gasteiger partial charge on any atom is -0.492 e. The summed E-state index contributed by atoms with van der Waals surface area (Å²) in [6, 6.07) is 4.77. The number of rotatable bonds is 1. The average molecular weight is 194 g/mol. The Kier molecular flexibility index (Phi) is 2.13. The van der Waals surface area contributed by atoms with Crippen molar-refractivity contribution in [3.05, 3.63) is 29.3 Å². The van der Waals surface area contributed by atoms with E-state index in [1.807, 2.05) is 0 Å². The summed E-state index contributed by atoms with van der Waals surface area (Å²) in [5, 5.41) is 18.5. The van der Waals surface area contributed by atoms with E-state index in [9.17, 15) is 9.90 Å². The Labute approximate surface area is 80.7 Å². The highest BCUT2D eigenvalue weighted by Crippen LogP contribution is 2.34. The molecule has 4 heteroatoms. The summed E-state index contributed by atoms with van der Waals surface area (Å²) in [7, 11) is 0.